The zero-order valence-corrected chi connectivity index (χ0v) is 15.3. The van der Waals surface area contributed by atoms with E-state index in [0.717, 1.165) is 31.3 Å². The molecule has 0 aliphatic heterocycles. The van der Waals surface area contributed by atoms with Crippen LogP contribution in [0.2, 0.25) is 0 Å². The van der Waals surface area contributed by atoms with Crippen LogP contribution in [0.4, 0.5) is 0 Å². The normalized spacial score (nSPS) is 19.6. The van der Waals surface area contributed by atoms with Gasteiger partial charge in [-0.1, -0.05) is 38.5 Å². The molecule has 0 aromatic carbocycles. The maximum Gasteiger partial charge on any atom is 0.345 e. The molecule has 0 unspecified atom stereocenters. The lowest BCUT2D eigenvalue weighted by Gasteiger charge is -2.33. The molecule has 0 saturated heterocycles. The molecule has 2 fully saturated rings. The van der Waals surface area contributed by atoms with E-state index in [9.17, 15) is 9.59 Å². The summed E-state index contributed by atoms with van der Waals surface area (Å²) in [6.45, 7) is 4.12. The van der Waals surface area contributed by atoms with Crippen LogP contribution in [0.3, 0.4) is 0 Å². The van der Waals surface area contributed by atoms with E-state index in [1.807, 2.05) is 0 Å². The van der Waals surface area contributed by atoms with Gasteiger partial charge < -0.3 is 9.47 Å². The van der Waals surface area contributed by atoms with E-state index in [2.05, 4.69) is 0 Å². The lowest BCUT2D eigenvalue weighted by Crippen LogP contribution is -2.28. The number of carbonyl (C=O) groups excluding carboxylic acids is 2. The highest BCUT2D eigenvalue weighted by molar-refractivity contribution is 6.14. The minimum absolute atomic E-state index is 0.220. The molecule has 2 aliphatic rings. The summed E-state index contributed by atoms with van der Waals surface area (Å²) in [6.07, 6.45) is 11.5. The van der Waals surface area contributed by atoms with Crippen molar-refractivity contribution in [1.82, 2.24) is 0 Å². The molecule has 0 atom stereocenters. The number of ether oxygens (including phenoxy) is 2. The molecule has 0 amide bonds. The minimum atomic E-state index is -0.484. The summed E-state index contributed by atoms with van der Waals surface area (Å²) in [5, 5.41) is 0. The third kappa shape index (κ3) is 4.84. The fourth-order valence-electron chi connectivity index (χ4n) is 4.29. The van der Waals surface area contributed by atoms with Crippen LogP contribution in [-0.2, 0) is 19.1 Å². The third-order valence-corrected chi connectivity index (χ3v) is 5.34. The Labute approximate surface area is 146 Å². The number of rotatable bonds is 6. The average Bonchev–Trinajstić information content (AvgIpc) is 2.61. The Morgan fingerprint density at radius 3 is 1.42 bits per heavy atom. The van der Waals surface area contributed by atoms with E-state index >= 15 is 0 Å². The molecule has 2 saturated carbocycles. The van der Waals surface area contributed by atoms with Crippen LogP contribution in [0.25, 0.3) is 0 Å². The van der Waals surface area contributed by atoms with Crippen molar-refractivity contribution in [2.45, 2.75) is 78.1 Å². The van der Waals surface area contributed by atoms with Gasteiger partial charge in [0, 0.05) is 0 Å². The van der Waals surface area contributed by atoms with Gasteiger partial charge in [-0.25, -0.2) is 9.59 Å². The number of carbonyl (C=O) groups is 2. The smallest absolute Gasteiger partial charge is 0.345 e. The summed E-state index contributed by atoms with van der Waals surface area (Å²) >= 11 is 0. The first-order valence-corrected chi connectivity index (χ1v) is 9.77. The monoisotopic (exact) mass is 336 g/mol. The molecule has 4 heteroatoms. The predicted molar refractivity (Wildman–Crippen MR) is 93.4 cm³/mol. The third-order valence-electron chi connectivity index (χ3n) is 5.34. The predicted octanol–water partition coefficient (Wildman–Crippen LogP) is 4.57. The van der Waals surface area contributed by atoms with Crippen molar-refractivity contribution in [3.63, 3.8) is 0 Å². The number of hydrogen-bond donors (Lipinski definition) is 0. The summed E-state index contributed by atoms with van der Waals surface area (Å²) in [5.41, 5.74) is 1.28. The highest BCUT2D eigenvalue weighted by atomic mass is 16.6. The van der Waals surface area contributed by atoms with E-state index in [1.165, 1.54) is 38.5 Å². The first-order chi connectivity index (χ1) is 11.7. The molecule has 0 bridgehead atoms. The van der Waals surface area contributed by atoms with E-state index in [1.54, 1.807) is 13.8 Å². The maximum atomic E-state index is 12.6. The second-order valence-corrected chi connectivity index (χ2v) is 6.94. The topological polar surface area (TPSA) is 52.6 Å². The standard InChI is InChI=1S/C20H32O4/c1-3-23-19(21)18(20(22)24-4-2)17(15-11-7-5-8-12-15)16-13-9-6-10-14-16/h15-16H,3-14H2,1-2H3. The van der Waals surface area contributed by atoms with Crippen LogP contribution in [0, 0.1) is 11.8 Å². The van der Waals surface area contributed by atoms with Gasteiger partial charge in [-0.15, -0.1) is 0 Å². The SMILES string of the molecule is CCOC(=O)C(C(=O)OCC)=C(C1CCCCC1)C1CCCCC1. The van der Waals surface area contributed by atoms with Crippen molar-refractivity contribution in [2.75, 3.05) is 13.2 Å². The number of hydrogen-bond acceptors (Lipinski definition) is 4. The Bertz CT molecular complexity index is 414. The van der Waals surface area contributed by atoms with Crippen LogP contribution in [0.5, 0.6) is 0 Å². The first-order valence-electron chi connectivity index (χ1n) is 9.77. The lowest BCUT2D eigenvalue weighted by molar-refractivity contribution is -0.146. The Kier molecular flexibility index (Phi) is 7.80. The molecule has 0 radical (unpaired) electrons. The number of allylic oxidation sites excluding steroid dienone is 1. The molecule has 2 aliphatic carbocycles. The lowest BCUT2D eigenvalue weighted by atomic mass is 9.72. The van der Waals surface area contributed by atoms with Crippen molar-refractivity contribution in [3.8, 4) is 0 Å². The van der Waals surface area contributed by atoms with Gasteiger partial charge in [0.05, 0.1) is 13.2 Å². The van der Waals surface area contributed by atoms with Gasteiger partial charge >= 0.3 is 11.9 Å². The molecule has 4 nitrogen and oxygen atoms in total. The molecule has 0 aromatic heterocycles. The fourth-order valence-corrected chi connectivity index (χ4v) is 4.29. The Morgan fingerprint density at radius 2 is 1.08 bits per heavy atom. The molecule has 24 heavy (non-hydrogen) atoms. The summed E-state index contributed by atoms with van der Waals surface area (Å²) < 4.78 is 10.5. The van der Waals surface area contributed by atoms with Crippen LogP contribution < -0.4 is 0 Å². The van der Waals surface area contributed by atoms with E-state index in [0.29, 0.717) is 11.8 Å². The zero-order chi connectivity index (χ0) is 17.4. The van der Waals surface area contributed by atoms with Gasteiger partial charge in [-0.2, -0.15) is 0 Å². The van der Waals surface area contributed by atoms with Crippen LogP contribution >= 0.6 is 0 Å². The van der Waals surface area contributed by atoms with Crippen LogP contribution in [-0.4, -0.2) is 25.2 Å². The molecule has 0 N–H and O–H groups in total. The van der Waals surface area contributed by atoms with Gasteiger partial charge in [0.15, 0.2) is 0 Å². The summed E-state index contributed by atoms with van der Waals surface area (Å²) in [5.74, 6) is -0.291. The highest BCUT2D eigenvalue weighted by Gasteiger charge is 2.35. The average molecular weight is 336 g/mol. The van der Waals surface area contributed by atoms with Crippen LogP contribution in [0.1, 0.15) is 78.1 Å². The van der Waals surface area contributed by atoms with Crippen molar-refractivity contribution >= 4 is 11.9 Å². The maximum absolute atomic E-state index is 12.6. The van der Waals surface area contributed by atoms with Gasteiger partial charge in [0.1, 0.15) is 5.57 Å². The molecule has 2 rings (SSSR count). The minimum Gasteiger partial charge on any atom is -0.462 e. The van der Waals surface area contributed by atoms with Crippen molar-refractivity contribution in [1.29, 1.82) is 0 Å². The van der Waals surface area contributed by atoms with E-state index in [4.69, 9.17) is 9.47 Å². The second-order valence-electron chi connectivity index (χ2n) is 6.94. The Morgan fingerprint density at radius 1 is 0.708 bits per heavy atom. The summed E-state index contributed by atoms with van der Waals surface area (Å²) in [7, 11) is 0. The second kappa shape index (κ2) is 9.85. The van der Waals surface area contributed by atoms with E-state index < -0.39 is 11.9 Å². The molecule has 0 aromatic rings. The largest absolute Gasteiger partial charge is 0.462 e. The molecule has 136 valence electrons. The first kappa shape index (κ1) is 19.0. The molecule has 0 spiro atoms. The van der Waals surface area contributed by atoms with Crippen molar-refractivity contribution in [2.24, 2.45) is 11.8 Å². The Hall–Kier alpha value is -1.32. The van der Waals surface area contributed by atoms with Gasteiger partial charge in [0.25, 0.3) is 0 Å². The molecular formula is C20H32O4. The van der Waals surface area contributed by atoms with Gasteiger partial charge in [0.2, 0.25) is 0 Å². The van der Waals surface area contributed by atoms with E-state index in [-0.39, 0.29) is 18.8 Å². The zero-order valence-electron chi connectivity index (χ0n) is 15.3. The highest BCUT2D eigenvalue weighted by Crippen LogP contribution is 2.41. The van der Waals surface area contributed by atoms with Crippen LogP contribution in [0.15, 0.2) is 11.1 Å². The number of esters is 2. The summed E-state index contributed by atoms with van der Waals surface area (Å²) in [4.78, 5) is 25.2. The molecular weight excluding hydrogens is 304 g/mol. The van der Waals surface area contributed by atoms with Crippen molar-refractivity contribution in [3.05, 3.63) is 11.1 Å². The van der Waals surface area contributed by atoms with Gasteiger partial charge in [-0.05, 0) is 56.9 Å². The quantitative estimate of drug-likeness (QED) is 0.308. The van der Waals surface area contributed by atoms with Crippen molar-refractivity contribution < 1.29 is 19.1 Å². The summed E-state index contributed by atoms with van der Waals surface area (Å²) in [6, 6.07) is 0. The molecule has 0 heterocycles. The Balaban J connectivity index is 2.42. The fraction of sp³-hybridized carbons (Fsp3) is 0.800. The van der Waals surface area contributed by atoms with Gasteiger partial charge in [-0.3, -0.25) is 0 Å².